The number of amides is 6. The van der Waals surface area contributed by atoms with E-state index in [2.05, 4.69) is 10.9 Å². The van der Waals surface area contributed by atoms with E-state index in [1.807, 2.05) is 0 Å². The minimum absolute atomic E-state index is 0.189. The molecule has 0 saturated carbocycles. The highest BCUT2D eigenvalue weighted by atomic mass is 16.5. The molecule has 0 atom stereocenters. The van der Waals surface area contributed by atoms with Crippen LogP contribution >= 0.6 is 0 Å². The summed E-state index contributed by atoms with van der Waals surface area (Å²) in [5.74, 6) is -2.99. The maximum atomic E-state index is 12.7. The van der Waals surface area contributed by atoms with Gasteiger partial charge in [-0.15, -0.1) is 0 Å². The van der Waals surface area contributed by atoms with Crippen molar-refractivity contribution in [2.75, 3.05) is 0 Å². The van der Waals surface area contributed by atoms with Gasteiger partial charge in [-0.3, -0.25) is 39.6 Å². The summed E-state index contributed by atoms with van der Waals surface area (Å²) >= 11 is 0. The third kappa shape index (κ3) is 4.46. The van der Waals surface area contributed by atoms with Gasteiger partial charge >= 0.3 is 0 Å². The van der Waals surface area contributed by atoms with Gasteiger partial charge < -0.3 is 4.74 Å². The first-order chi connectivity index (χ1) is 19.8. The van der Waals surface area contributed by atoms with E-state index in [0.717, 1.165) is 0 Å². The number of rotatable bonds is 6. The topological polar surface area (TPSA) is 142 Å². The van der Waals surface area contributed by atoms with Crippen LogP contribution in [0.4, 0.5) is 0 Å². The maximum Gasteiger partial charge on any atom is 0.280 e. The largest absolute Gasteiger partial charge is 0.457 e. The van der Waals surface area contributed by atoms with Crippen LogP contribution in [0.25, 0.3) is 0 Å². The lowest BCUT2D eigenvalue weighted by atomic mass is 10.1. The van der Waals surface area contributed by atoms with Gasteiger partial charge in [0.1, 0.15) is 11.5 Å². The molecule has 0 radical (unpaired) electrons. The number of carbonyl (C=O) groups is 6. The van der Waals surface area contributed by atoms with Crippen LogP contribution in [0.1, 0.15) is 62.1 Å². The molecule has 0 spiro atoms. The van der Waals surface area contributed by atoms with Gasteiger partial charge in [-0.1, -0.05) is 24.3 Å². The van der Waals surface area contributed by atoms with Gasteiger partial charge in [0.15, 0.2) is 0 Å². The number of nitrogens with zero attached hydrogens (tertiary/aromatic N) is 2. The van der Waals surface area contributed by atoms with Crippen molar-refractivity contribution >= 4 is 35.4 Å². The molecule has 6 rings (SSSR count). The average Bonchev–Trinajstić information content (AvgIpc) is 3.38. The minimum Gasteiger partial charge on any atom is -0.457 e. The third-order valence-electron chi connectivity index (χ3n) is 6.48. The molecule has 0 aromatic heterocycles. The van der Waals surface area contributed by atoms with E-state index in [-0.39, 0.29) is 33.4 Å². The third-order valence-corrected chi connectivity index (χ3v) is 6.48. The average molecular weight is 546 g/mol. The normalized spacial score (nSPS) is 13.7. The molecule has 2 heterocycles. The van der Waals surface area contributed by atoms with Crippen molar-refractivity contribution in [2.45, 2.75) is 0 Å². The first-order valence-electron chi connectivity index (χ1n) is 12.3. The first-order valence-corrected chi connectivity index (χ1v) is 12.3. The zero-order chi connectivity index (χ0) is 28.7. The summed E-state index contributed by atoms with van der Waals surface area (Å²) < 4.78 is 5.77. The standard InChI is InChI=1S/C30H18N4O7/c35-25(31-33-27(37)21-5-1-2-6-22(21)28(33)38)17-9-13-19(14-10-17)41-20-15-11-18(12-16-20)26(36)32-34-29(39)23-7-3-4-8-24(23)30(34)40/h1-16H,(H,31,35)(H,32,36). The monoisotopic (exact) mass is 546 g/mol. The number of hydrogen-bond acceptors (Lipinski definition) is 7. The molecular weight excluding hydrogens is 528 g/mol. The molecule has 2 aliphatic heterocycles. The van der Waals surface area contributed by atoms with E-state index < -0.39 is 35.4 Å². The number of hydrazine groups is 2. The van der Waals surface area contributed by atoms with E-state index in [4.69, 9.17) is 4.74 Å². The van der Waals surface area contributed by atoms with Gasteiger partial charge in [-0.25, -0.2) is 0 Å². The van der Waals surface area contributed by atoms with Crippen LogP contribution in [0, 0.1) is 0 Å². The quantitative estimate of drug-likeness (QED) is 0.353. The SMILES string of the molecule is O=C(NN1C(=O)c2ccccc2C1=O)c1ccc(Oc2ccc(C(=O)NN3C(=O)c4ccccc4C3=O)cc2)cc1. The van der Waals surface area contributed by atoms with Crippen LogP contribution in [0.5, 0.6) is 11.5 Å². The number of imide groups is 2. The van der Waals surface area contributed by atoms with Crippen molar-refractivity contribution in [3.05, 3.63) is 130 Å². The molecule has 0 bridgehead atoms. The smallest absolute Gasteiger partial charge is 0.280 e. The lowest BCUT2D eigenvalue weighted by Gasteiger charge is -2.15. The van der Waals surface area contributed by atoms with Gasteiger partial charge in [-0.05, 0) is 72.8 Å². The van der Waals surface area contributed by atoms with Crippen LogP contribution in [-0.2, 0) is 0 Å². The van der Waals surface area contributed by atoms with Crippen molar-refractivity contribution in [3.8, 4) is 11.5 Å². The van der Waals surface area contributed by atoms with Gasteiger partial charge in [0.25, 0.3) is 35.4 Å². The lowest BCUT2D eigenvalue weighted by molar-refractivity contribution is 0.0513. The van der Waals surface area contributed by atoms with E-state index in [1.54, 1.807) is 24.3 Å². The second kappa shape index (κ2) is 9.89. The van der Waals surface area contributed by atoms with Crippen molar-refractivity contribution in [2.24, 2.45) is 0 Å². The molecule has 4 aromatic rings. The Morgan fingerprint density at radius 3 is 1.05 bits per heavy atom. The Balaban J connectivity index is 1.06. The molecule has 11 heteroatoms. The van der Waals surface area contributed by atoms with E-state index in [0.29, 0.717) is 21.5 Å². The van der Waals surface area contributed by atoms with E-state index >= 15 is 0 Å². The molecule has 200 valence electrons. The van der Waals surface area contributed by atoms with Crippen molar-refractivity contribution < 1.29 is 33.5 Å². The molecule has 2 aliphatic rings. The molecule has 2 N–H and O–H groups in total. The Hall–Kier alpha value is -6.10. The summed E-state index contributed by atoms with van der Waals surface area (Å²) in [4.78, 5) is 75.2. The van der Waals surface area contributed by atoms with Gasteiger partial charge in [-0.2, -0.15) is 10.0 Å². The summed E-state index contributed by atoms with van der Waals surface area (Å²) in [5, 5.41) is 1.37. The second-order valence-corrected chi connectivity index (χ2v) is 9.02. The van der Waals surface area contributed by atoms with Crippen LogP contribution < -0.4 is 15.6 Å². The van der Waals surface area contributed by atoms with Crippen molar-refractivity contribution in [3.63, 3.8) is 0 Å². The number of nitrogens with one attached hydrogen (secondary N) is 2. The molecular formula is C30H18N4O7. The fourth-order valence-corrected chi connectivity index (χ4v) is 4.40. The van der Waals surface area contributed by atoms with Crippen molar-refractivity contribution in [1.29, 1.82) is 0 Å². The zero-order valence-electron chi connectivity index (χ0n) is 21.0. The summed E-state index contributed by atoms with van der Waals surface area (Å²) in [6.45, 7) is 0. The molecule has 0 unspecified atom stereocenters. The summed E-state index contributed by atoms with van der Waals surface area (Å²) in [6, 6.07) is 24.6. The Morgan fingerprint density at radius 2 is 0.756 bits per heavy atom. The van der Waals surface area contributed by atoms with Gasteiger partial charge in [0, 0.05) is 11.1 Å². The Kier molecular flexibility index (Phi) is 6.08. The Morgan fingerprint density at radius 1 is 0.463 bits per heavy atom. The van der Waals surface area contributed by atoms with E-state index in [1.165, 1.54) is 72.8 Å². The van der Waals surface area contributed by atoms with Gasteiger partial charge in [0.05, 0.1) is 22.3 Å². The predicted molar refractivity (Wildman–Crippen MR) is 142 cm³/mol. The Bertz CT molecular complexity index is 1580. The molecule has 11 nitrogen and oxygen atoms in total. The molecule has 0 fully saturated rings. The molecule has 6 amide bonds. The molecule has 41 heavy (non-hydrogen) atoms. The second-order valence-electron chi connectivity index (χ2n) is 9.02. The number of ether oxygens (including phenoxy) is 1. The Labute approximate surface area is 231 Å². The number of fused-ring (bicyclic) bond motifs is 2. The fraction of sp³-hybridized carbons (Fsp3) is 0. The lowest BCUT2D eigenvalue weighted by Crippen LogP contribution is -2.45. The number of carbonyl (C=O) groups excluding carboxylic acids is 6. The first kappa shape index (κ1) is 25.2. The summed E-state index contributed by atoms with van der Waals surface area (Å²) in [6.07, 6.45) is 0. The highest BCUT2D eigenvalue weighted by molar-refractivity contribution is 6.23. The molecule has 0 aliphatic carbocycles. The van der Waals surface area contributed by atoms with Crippen molar-refractivity contribution in [1.82, 2.24) is 20.9 Å². The van der Waals surface area contributed by atoms with Crippen LogP contribution in [-0.4, -0.2) is 45.5 Å². The highest BCUT2D eigenvalue weighted by Crippen LogP contribution is 2.25. The molecule has 4 aromatic carbocycles. The number of benzene rings is 4. The predicted octanol–water partition coefficient (Wildman–Crippen LogP) is 3.36. The minimum atomic E-state index is -0.653. The van der Waals surface area contributed by atoms with Crippen LogP contribution in [0.15, 0.2) is 97.1 Å². The van der Waals surface area contributed by atoms with E-state index in [9.17, 15) is 28.8 Å². The maximum absolute atomic E-state index is 12.7. The zero-order valence-corrected chi connectivity index (χ0v) is 21.0. The number of hydrogen-bond donors (Lipinski definition) is 2. The fourth-order valence-electron chi connectivity index (χ4n) is 4.40. The van der Waals surface area contributed by atoms with Gasteiger partial charge in [0.2, 0.25) is 0 Å². The van der Waals surface area contributed by atoms with Crippen LogP contribution in [0.3, 0.4) is 0 Å². The van der Waals surface area contributed by atoms with Crippen LogP contribution in [0.2, 0.25) is 0 Å². The highest BCUT2D eigenvalue weighted by Gasteiger charge is 2.37. The summed E-state index contributed by atoms with van der Waals surface area (Å²) in [7, 11) is 0. The summed E-state index contributed by atoms with van der Waals surface area (Å²) in [5.41, 5.74) is 5.91. The molecule has 0 saturated heterocycles.